The summed E-state index contributed by atoms with van der Waals surface area (Å²) < 4.78 is 9.53. The van der Waals surface area contributed by atoms with Crippen molar-refractivity contribution in [1.82, 2.24) is 34.4 Å². The first-order valence-electron chi connectivity index (χ1n) is 11.9. The summed E-state index contributed by atoms with van der Waals surface area (Å²) in [7, 11) is 1.93. The van der Waals surface area contributed by atoms with Crippen LogP contribution in [0, 0.1) is 13.8 Å². The van der Waals surface area contributed by atoms with Crippen molar-refractivity contribution in [2.45, 2.75) is 52.6 Å². The number of anilines is 1. The molecule has 3 aromatic rings. The van der Waals surface area contributed by atoms with Crippen LogP contribution >= 0.6 is 0 Å². The Kier molecular flexibility index (Phi) is 6.10. The zero-order valence-corrected chi connectivity index (χ0v) is 19.5. The van der Waals surface area contributed by atoms with Crippen LogP contribution in [-0.4, -0.2) is 73.8 Å². The Labute approximate surface area is 189 Å². The number of rotatable bonds is 7. The molecule has 3 aromatic heterocycles. The molecule has 172 valence electrons. The molecule has 2 aliphatic rings. The summed E-state index contributed by atoms with van der Waals surface area (Å²) in [5, 5.41) is 10.3. The predicted octanol–water partition coefficient (Wildman–Crippen LogP) is 2.24. The minimum Gasteiger partial charge on any atom is -0.379 e. The van der Waals surface area contributed by atoms with Gasteiger partial charge in [-0.3, -0.25) is 14.3 Å². The Morgan fingerprint density at radius 3 is 2.66 bits per heavy atom. The molecule has 9 nitrogen and oxygen atoms in total. The molecule has 0 amide bonds. The summed E-state index contributed by atoms with van der Waals surface area (Å²) in [6, 6.07) is 0. The lowest BCUT2D eigenvalue weighted by atomic mass is 10.1. The van der Waals surface area contributed by atoms with Crippen molar-refractivity contribution in [3.8, 4) is 0 Å². The highest BCUT2D eigenvalue weighted by Crippen LogP contribution is 2.30. The number of hydrogen-bond donors (Lipinski definition) is 0. The van der Waals surface area contributed by atoms with Crippen LogP contribution in [0.4, 0.5) is 5.82 Å². The Bertz CT molecular complexity index is 1080. The minimum absolute atomic E-state index is 0.784. The Morgan fingerprint density at radius 1 is 1.00 bits per heavy atom. The number of ether oxygens (including phenoxy) is 1. The molecule has 9 heteroatoms. The van der Waals surface area contributed by atoms with E-state index in [1.165, 1.54) is 37.1 Å². The average Bonchev–Trinajstić information content (AvgIpc) is 3.33. The van der Waals surface area contributed by atoms with Gasteiger partial charge in [0.25, 0.3) is 0 Å². The van der Waals surface area contributed by atoms with Crippen molar-refractivity contribution in [3.05, 3.63) is 29.0 Å². The summed E-state index contributed by atoms with van der Waals surface area (Å²) in [5.74, 6) is 1.77. The number of nitrogens with zero attached hydrogens (tertiary/aromatic N) is 8. The normalized spacial score (nSPS) is 17.3. The first-order valence-corrected chi connectivity index (χ1v) is 11.9. The lowest BCUT2D eigenvalue weighted by molar-refractivity contribution is 0.0371. The Balaban J connectivity index is 1.23. The van der Waals surface area contributed by atoms with Crippen molar-refractivity contribution in [2.24, 2.45) is 7.05 Å². The third kappa shape index (κ3) is 4.23. The van der Waals surface area contributed by atoms with Crippen LogP contribution in [0.3, 0.4) is 0 Å². The highest BCUT2D eigenvalue weighted by atomic mass is 16.5. The second kappa shape index (κ2) is 9.15. The van der Waals surface area contributed by atoms with E-state index in [9.17, 15) is 0 Å². The monoisotopic (exact) mass is 438 g/mol. The fraction of sp³-hybridized carbons (Fsp3) is 0.652. The van der Waals surface area contributed by atoms with Gasteiger partial charge in [0, 0.05) is 57.4 Å². The number of hydrogen-bond acceptors (Lipinski definition) is 7. The van der Waals surface area contributed by atoms with Crippen LogP contribution in [0.15, 0.2) is 6.20 Å². The molecule has 2 aliphatic heterocycles. The maximum Gasteiger partial charge on any atom is 0.163 e. The van der Waals surface area contributed by atoms with Crippen molar-refractivity contribution >= 4 is 16.9 Å². The van der Waals surface area contributed by atoms with Gasteiger partial charge >= 0.3 is 0 Å². The number of aromatic nitrogens is 6. The zero-order valence-electron chi connectivity index (χ0n) is 19.5. The second-order valence-electron chi connectivity index (χ2n) is 9.02. The molecule has 0 aliphatic carbocycles. The van der Waals surface area contributed by atoms with Crippen LogP contribution < -0.4 is 4.90 Å². The molecule has 0 radical (unpaired) electrons. The van der Waals surface area contributed by atoms with Crippen molar-refractivity contribution in [1.29, 1.82) is 0 Å². The molecule has 1 fully saturated rings. The first kappa shape index (κ1) is 21.3. The van der Waals surface area contributed by atoms with E-state index in [0.717, 1.165) is 80.7 Å². The third-order valence-electron chi connectivity index (χ3n) is 6.77. The largest absolute Gasteiger partial charge is 0.379 e. The van der Waals surface area contributed by atoms with Crippen molar-refractivity contribution in [2.75, 3.05) is 44.3 Å². The lowest BCUT2D eigenvalue weighted by Crippen LogP contribution is -2.36. The van der Waals surface area contributed by atoms with E-state index in [4.69, 9.17) is 14.8 Å². The van der Waals surface area contributed by atoms with Gasteiger partial charge in [0.05, 0.1) is 30.5 Å². The van der Waals surface area contributed by atoms with Crippen LogP contribution in [0.25, 0.3) is 11.0 Å². The van der Waals surface area contributed by atoms with Gasteiger partial charge in [-0.05, 0) is 33.2 Å². The smallest absolute Gasteiger partial charge is 0.163 e. The molecule has 32 heavy (non-hydrogen) atoms. The molecule has 0 N–H and O–H groups in total. The molecular weight excluding hydrogens is 404 g/mol. The van der Waals surface area contributed by atoms with Gasteiger partial charge < -0.3 is 9.64 Å². The second-order valence-corrected chi connectivity index (χ2v) is 9.02. The van der Waals surface area contributed by atoms with E-state index in [1.54, 1.807) is 0 Å². The molecule has 0 unspecified atom stereocenters. The Morgan fingerprint density at radius 2 is 1.81 bits per heavy atom. The lowest BCUT2D eigenvalue weighted by Gasteiger charge is -2.29. The van der Waals surface area contributed by atoms with Crippen molar-refractivity contribution < 1.29 is 4.74 Å². The van der Waals surface area contributed by atoms with E-state index in [2.05, 4.69) is 31.5 Å². The summed E-state index contributed by atoms with van der Waals surface area (Å²) in [4.78, 5) is 14.2. The fourth-order valence-corrected chi connectivity index (χ4v) is 4.98. The van der Waals surface area contributed by atoms with E-state index in [-0.39, 0.29) is 0 Å². The van der Waals surface area contributed by atoms with Gasteiger partial charge in [0.2, 0.25) is 0 Å². The van der Waals surface area contributed by atoms with Crippen LogP contribution in [0.2, 0.25) is 0 Å². The molecule has 5 heterocycles. The van der Waals surface area contributed by atoms with Crippen molar-refractivity contribution in [3.63, 3.8) is 0 Å². The topological polar surface area (TPSA) is 77.1 Å². The van der Waals surface area contributed by atoms with E-state index < -0.39 is 0 Å². The molecule has 0 saturated carbocycles. The maximum atomic E-state index is 5.44. The van der Waals surface area contributed by atoms with E-state index in [0.29, 0.717) is 0 Å². The molecular formula is C23H34N8O. The number of unbranched alkanes of at least 4 members (excludes halogenated alkanes) is 2. The average molecular weight is 439 g/mol. The van der Waals surface area contributed by atoms with Gasteiger partial charge in [-0.1, -0.05) is 6.42 Å². The molecule has 0 bridgehead atoms. The molecule has 5 rings (SSSR count). The highest BCUT2D eigenvalue weighted by molar-refractivity contribution is 5.87. The van der Waals surface area contributed by atoms with Gasteiger partial charge in [-0.15, -0.1) is 0 Å². The molecule has 0 spiro atoms. The predicted molar refractivity (Wildman–Crippen MR) is 124 cm³/mol. The Hall–Kier alpha value is -2.52. The quantitative estimate of drug-likeness (QED) is 0.524. The third-order valence-corrected chi connectivity index (χ3v) is 6.77. The summed E-state index contributed by atoms with van der Waals surface area (Å²) in [6.45, 7) is 12.0. The zero-order chi connectivity index (χ0) is 22.1. The summed E-state index contributed by atoms with van der Waals surface area (Å²) >= 11 is 0. The minimum atomic E-state index is 0.784. The molecule has 1 saturated heterocycles. The first-order chi connectivity index (χ1) is 15.6. The fourth-order valence-electron chi connectivity index (χ4n) is 4.98. The van der Waals surface area contributed by atoms with Gasteiger partial charge in [0.1, 0.15) is 11.6 Å². The van der Waals surface area contributed by atoms with E-state index >= 15 is 0 Å². The SMILES string of the molecule is Cc1nc(N2CCc3c(c(C)nn3CCCCCN3CCOCC3)C2)c2cnn(C)c2n1. The number of aryl methyl sites for hydroxylation is 4. The standard InChI is InChI=1S/C23H34N8O/c1-17-20-16-30(23-19-15-24-28(3)22(19)25-18(2)26-23)10-7-21(20)31(27-17)9-6-4-5-8-29-11-13-32-14-12-29/h15H,4-14,16H2,1-3H3. The van der Waals surface area contributed by atoms with E-state index in [1.807, 2.05) is 24.9 Å². The van der Waals surface area contributed by atoms with Gasteiger partial charge in [-0.25, -0.2) is 9.97 Å². The molecule has 0 atom stereocenters. The van der Waals surface area contributed by atoms with Crippen LogP contribution in [-0.2, 0) is 31.3 Å². The van der Waals surface area contributed by atoms with Gasteiger partial charge in [0.15, 0.2) is 5.65 Å². The number of morpholine rings is 1. The van der Waals surface area contributed by atoms with Crippen LogP contribution in [0.5, 0.6) is 0 Å². The maximum absolute atomic E-state index is 5.44. The summed E-state index contributed by atoms with van der Waals surface area (Å²) in [6.07, 6.45) is 6.56. The van der Waals surface area contributed by atoms with Gasteiger partial charge in [-0.2, -0.15) is 10.2 Å². The number of fused-ring (bicyclic) bond motifs is 2. The van der Waals surface area contributed by atoms with Crippen LogP contribution in [0.1, 0.15) is 42.0 Å². The summed E-state index contributed by atoms with van der Waals surface area (Å²) in [5.41, 5.74) is 4.80. The molecule has 0 aromatic carbocycles. The highest BCUT2D eigenvalue weighted by Gasteiger charge is 2.26.